The summed E-state index contributed by atoms with van der Waals surface area (Å²) in [6.45, 7) is 3.54. The number of aromatic nitrogens is 2. The van der Waals surface area contributed by atoms with Crippen LogP contribution in [0.15, 0.2) is 6.07 Å². The van der Waals surface area contributed by atoms with Crippen LogP contribution in [0.1, 0.15) is 19.2 Å². The number of anilines is 2. The van der Waals surface area contributed by atoms with Gasteiger partial charge in [0, 0.05) is 33.2 Å². The number of likely N-dealkylation sites (N-methyl/N-ethyl adjacent to an activating group) is 1. The zero-order valence-corrected chi connectivity index (χ0v) is 10.7. The van der Waals surface area contributed by atoms with E-state index in [9.17, 15) is 0 Å². The van der Waals surface area contributed by atoms with Gasteiger partial charge >= 0.3 is 0 Å². The third-order valence-corrected chi connectivity index (χ3v) is 2.40. The highest BCUT2D eigenvalue weighted by Crippen LogP contribution is 2.14. The molecule has 1 aromatic rings. The van der Waals surface area contributed by atoms with Crippen LogP contribution in [0.5, 0.6) is 0 Å². The van der Waals surface area contributed by atoms with E-state index in [-0.39, 0.29) is 0 Å². The molecular formula is C11H21N5O. The summed E-state index contributed by atoms with van der Waals surface area (Å²) in [6.07, 6.45) is 1.86. The minimum atomic E-state index is 0.641. The van der Waals surface area contributed by atoms with Gasteiger partial charge in [0.2, 0.25) is 0 Å². The number of aryl methyl sites for hydroxylation is 1. The summed E-state index contributed by atoms with van der Waals surface area (Å²) in [5.41, 5.74) is 2.57. The molecule has 0 radical (unpaired) electrons. The van der Waals surface area contributed by atoms with E-state index in [1.807, 2.05) is 18.0 Å². The number of nitrogens with zero attached hydrogens (tertiary/aromatic N) is 3. The van der Waals surface area contributed by atoms with Crippen LogP contribution in [0.4, 0.5) is 11.6 Å². The maximum absolute atomic E-state index is 5.40. The van der Waals surface area contributed by atoms with Crippen molar-refractivity contribution in [2.75, 3.05) is 37.6 Å². The first kappa shape index (κ1) is 13.7. The van der Waals surface area contributed by atoms with Crippen molar-refractivity contribution in [3.8, 4) is 0 Å². The van der Waals surface area contributed by atoms with Gasteiger partial charge < -0.3 is 15.1 Å². The molecule has 0 atom stereocenters. The van der Waals surface area contributed by atoms with Crippen molar-refractivity contribution >= 4 is 11.6 Å². The number of hydrogen-bond acceptors (Lipinski definition) is 6. The van der Waals surface area contributed by atoms with Crippen molar-refractivity contribution in [2.24, 2.45) is 5.84 Å². The van der Waals surface area contributed by atoms with Crippen molar-refractivity contribution in [3.05, 3.63) is 11.9 Å². The second-order valence-corrected chi connectivity index (χ2v) is 3.84. The van der Waals surface area contributed by atoms with E-state index in [1.54, 1.807) is 7.11 Å². The van der Waals surface area contributed by atoms with E-state index in [0.717, 1.165) is 31.0 Å². The Bertz CT molecular complexity index is 345. The third-order valence-electron chi connectivity index (χ3n) is 2.40. The third kappa shape index (κ3) is 4.16. The summed E-state index contributed by atoms with van der Waals surface area (Å²) in [4.78, 5) is 10.8. The molecular weight excluding hydrogens is 218 g/mol. The molecule has 0 fully saturated rings. The number of nitrogens with two attached hydrogens (primary N) is 1. The van der Waals surface area contributed by atoms with Gasteiger partial charge in [-0.3, -0.25) is 0 Å². The zero-order chi connectivity index (χ0) is 12.7. The lowest BCUT2D eigenvalue weighted by Gasteiger charge is -2.18. The first-order valence-electron chi connectivity index (χ1n) is 5.76. The molecule has 1 rings (SSSR count). The lowest BCUT2D eigenvalue weighted by Crippen LogP contribution is -2.24. The molecule has 96 valence electrons. The molecule has 0 spiro atoms. The molecule has 1 aromatic heterocycles. The van der Waals surface area contributed by atoms with Gasteiger partial charge in [-0.05, 0) is 6.42 Å². The summed E-state index contributed by atoms with van der Waals surface area (Å²) in [5, 5.41) is 0. The van der Waals surface area contributed by atoms with Gasteiger partial charge in [-0.1, -0.05) is 6.92 Å². The van der Waals surface area contributed by atoms with Crippen LogP contribution in [0.3, 0.4) is 0 Å². The predicted octanol–water partition coefficient (Wildman–Crippen LogP) is 0.797. The standard InChI is InChI=1S/C11H21N5O/c1-4-5-9-13-10(15-12)8-11(14-9)16(2)6-7-17-3/h8H,4-7,12H2,1-3H3,(H,13,14,15). The smallest absolute Gasteiger partial charge is 0.145 e. The van der Waals surface area contributed by atoms with E-state index in [1.165, 1.54) is 0 Å². The Kier molecular flexibility index (Phi) is 5.65. The fourth-order valence-corrected chi connectivity index (χ4v) is 1.43. The van der Waals surface area contributed by atoms with E-state index >= 15 is 0 Å². The Morgan fingerprint density at radius 3 is 2.82 bits per heavy atom. The van der Waals surface area contributed by atoms with Crippen LogP contribution < -0.4 is 16.2 Å². The Labute approximate surface area is 102 Å². The van der Waals surface area contributed by atoms with Crippen LogP contribution in [0, 0.1) is 0 Å². The predicted molar refractivity (Wildman–Crippen MR) is 69.0 cm³/mol. The average molecular weight is 239 g/mol. The van der Waals surface area contributed by atoms with Gasteiger partial charge in [0.25, 0.3) is 0 Å². The van der Waals surface area contributed by atoms with E-state index < -0.39 is 0 Å². The maximum Gasteiger partial charge on any atom is 0.145 e. The lowest BCUT2D eigenvalue weighted by molar-refractivity contribution is 0.206. The number of hydrazine groups is 1. The second-order valence-electron chi connectivity index (χ2n) is 3.84. The fraction of sp³-hybridized carbons (Fsp3) is 0.636. The molecule has 0 saturated carbocycles. The molecule has 3 N–H and O–H groups in total. The van der Waals surface area contributed by atoms with Gasteiger partial charge in [-0.2, -0.15) is 0 Å². The number of nitrogen functional groups attached to an aromatic ring is 1. The van der Waals surface area contributed by atoms with E-state index in [0.29, 0.717) is 12.4 Å². The largest absolute Gasteiger partial charge is 0.383 e. The maximum atomic E-state index is 5.40. The van der Waals surface area contributed by atoms with Gasteiger partial charge in [0.15, 0.2) is 0 Å². The van der Waals surface area contributed by atoms with E-state index in [2.05, 4.69) is 22.3 Å². The molecule has 0 aliphatic carbocycles. The van der Waals surface area contributed by atoms with Crippen molar-refractivity contribution in [2.45, 2.75) is 19.8 Å². The minimum Gasteiger partial charge on any atom is -0.383 e. The molecule has 0 aliphatic rings. The Balaban J connectivity index is 2.85. The Morgan fingerprint density at radius 2 is 2.24 bits per heavy atom. The van der Waals surface area contributed by atoms with Crippen molar-refractivity contribution in [1.82, 2.24) is 9.97 Å². The van der Waals surface area contributed by atoms with Gasteiger partial charge in [0.1, 0.15) is 17.5 Å². The quantitative estimate of drug-likeness (QED) is 0.541. The van der Waals surface area contributed by atoms with Crippen molar-refractivity contribution < 1.29 is 4.74 Å². The molecule has 0 aromatic carbocycles. The number of ether oxygens (including phenoxy) is 1. The molecule has 6 heteroatoms. The second kappa shape index (κ2) is 7.03. The highest BCUT2D eigenvalue weighted by molar-refractivity contribution is 5.48. The molecule has 0 saturated heterocycles. The average Bonchev–Trinajstić information content (AvgIpc) is 2.35. The summed E-state index contributed by atoms with van der Waals surface area (Å²) in [6, 6.07) is 1.83. The van der Waals surface area contributed by atoms with Crippen LogP contribution in [-0.2, 0) is 11.2 Å². The van der Waals surface area contributed by atoms with Crippen LogP contribution >= 0.6 is 0 Å². The van der Waals surface area contributed by atoms with Crippen LogP contribution in [0.25, 0.3) is 0 Å². The van der Waals surface area contributed by atoms with Crippen molar-refractivity contribution in [3.63, 3.8) is 0 Å². The highest BCUT2D eigenvalue weighted by Gasteiger charge is 2.07. The summed E-state index contributed by atoms with van der Waals surface area (Å²) >= 11 is 0. The molecule has 0 unspecified atom stereocenters. The molecule has 1 heterocycles. The first-order chi connectivity index (χ1) is 8.21. The lowest BCUT2D eigenvalue weighted by atomic mass is 10.3. The molecule has 0 aliphatic heterocycles. The molecule has 0 amide bonds. The van der Waals surface area contributed by atoms with Gasteiger partial charge in [-0.25, -0.2) is 15.8 Å². The van der Waals surface area contributed by atoms with Gasteiger partial charge in [0.05, 0.1) is 6.61 Å². The minimum absolute atomic E-state index is 0.641. The number of hydrogen-bond donors (Lipinski definition) is 2. The van der Waals surface area contributed by atoms with Crippen LogP contribution in [-0.4, -0.2) is 37.3 Å². The molecule has 0 bridgehead atoms. The van der Waals surface area contributed by atoms with Crippen LogP contribution in [0.2, 0.25) is 0 Å². The summed E-state index contributed by atoms with van der Waals surface area (Å²) in [5.74, 6) is 7.70. The topological polar surface area (TPSA) is 76.3 Å². The molecule has 17 heavy (non-hydrogen) atoms. The monoisotopic (exact) mass is 239 g/mol. The Hall–Kier alpha value is -1.40. The SMILES string of the molecule is CCCc1nc(NN)cc(N(C)CCOC)n1. The number of nitrogens with one attached hydrogen (secondary N) is 1. The normalized spacial score (nSPS) is 10.4. The molecule has 6 nitrogen and oxygen atoms in total. The summed E-state index contributed by atoms with van der Waals surface area (Å²) < 4.78 is 5.04. The zero-order valence-electron chi connectivity index (χ0n) is 10.7. The number of rotatable bonds is 7. The van der Waals surface area contributed by atoms with E-state index in [4.69, 9.17) is 10.6 Å². The number of methoxy groups -OCH3 is 1. The van der Waals surface area contributed by atoms with Gasteiger partial charge in [-0.15, -0.1) is 0 Å². The van der Waals surface area contributed by atoms with Crippen molar-refractivity contribution in [1.29, 1.82) is 0 Å². The highest BCUT2D eigenvalue weighted by atomic mass is 16.5. The summed E-state index contributed by atoms with van der Waals surface area (Å²) in [7, 11) is 3.65. The fourth-order valence-electron chi connectivity index (χ4n) is 1.43. The Morgan fingerprint density at radius 1 is 1.47 bits per heavy atom. The first-order valence-corrected chi connectivity index (χ1v) is 5.76.